The Morgan fingerprint density at radius 2 is 1.70 bits per heavy atom. The number of carbonyl (C=O) groups excluding carboxylic acids is 3. The second-order valence-corrected chi connectivity index (χ2v) is 8.25. The fraction of sp³-hybridized carbons (Fsp3) is 0.600. The highest BCUT2D eigenvalue weighted by atomic mass is 16.6. The summed E-state index contributed by atoms with van der Waals surface area (Å²) < 4.78 is 17.4. The van der Waals surface area contributed by atoms with E-state index >= 15 is 0 Å². The van der Waals surface area contributed by atoms with Crippen LogP contribution in [0.25, 0.3) is 11.2 Å². The molecule has 2 aromatic heterocycles. The van der Waals surface area contributed by atoms with Crippen LogP contribution in [0.5, 0.6) is 0 Å². The summed E-state index contributed by atoms with van der Waals surface area (Å²) >= 11 is 0. The molecule has 13 heteroatoms. The van der Waals surface area contributed by atoms with E-state index in [2.05, 4.69) is 15.0 Å². The molecule has 0 saturated carbocycles. The van der Waals surface area contributed by atoms with E-state index in [9.17, 15) is 19.2 Å². The van der Waals surface area contributed by atoms with Gasteiger partial charge < -0.3 is 30.2 Å². The van der Waals surface area contributed by atoms with Crippen LogP contribution >= 0.6 is 0 Å². The van der Waals surface area contributed by atoms with Crippen LogP contribution in [0.2, 0.25) is 0 Å². The topological polar surface area (TPSA) is 195 Å². The van der Waals surface area contributed by atoms with E-state index in [1.807, 2.05) is 0 Å². The fourth-order valence-electron chi connectivity index (χ4n) is 2.94. The average Bonchev–Trinajstić information content (AvgIpc) is 3.14. The Morgan fingerprint density at radius 3 is 2.24 bits per heavy atom. The van der Waals surface area contributed by atoms with Gasteiger partial charge in [0.1, 0.15) is 25.9 Å². The number of anilines is 1. The van der Waals surface area contributed by atoms with Gasteiger partial charge in [0.25, 0.3) is 5.56 Å². The molecular formula is C20H30N6O7. The van der Waals surface area contributed by atoms with Gasteiger partial charge in [-0.25, -0.2) is 4.98 Å². The number of carbonyl (C=O) groups is 3. The average molecular weight is 466 g/mol. The van der Waals surface area contributed by atoms with E-state index in [0.717, 1.165) is 0 Å². The number of aryl methyl sites for hydroxylation is 1. The Balaban J connectivity index is 2.32. The van der Waals surface area contributed by atoms with Gasteiger partial charge in [-0.1, -0.05) is 13.8 Å². The zero-order valence-electron chi connectivity index (χ0n) is 19.1. The lowest BCUT2D eigenvalue weighted by Gasteiger charge is -2.32. The number of esters is 3. The van der Waals surface area contributed by atoms with Crippen molar-refractivity contribution in [1.29, 1.82) is 0 Å². The summed E-state index contributed by atoms with van der Waals surface area (Å²) in [7, 11) is 0. The van der Waals surface area contributed by atoms with E-state index in [4.69, 9.17) is 25.7 Å². The SMILES string of the molecule is CC(=O)OCC(CCn1cnc2c(=O)[nH]c(N)nc21)(COC(C)=O)COC(=O)[C@@H](N)C(C)C. The summed E-state index contributed by atoms with van der Waals surface area (Å²) in [5.41, 5.74) is 10.3. The molecule has 0 aromatic carbocycles. The zero-order valence-corrected chi connectivity index (χ0v) is 19.1. The van der Waals surface area contributed by atoms with E-state index in [0.29, 0.717) is 0 Å². The number of ether oxygens (including phenoxy) is 3. The van der Waals surface area contributed by atoms with Gasteiger partial charge in [-0.3, -0.25) is 24.2 Å². The quantitative estimate of drug-likeness (QED) is 0.291. The van der Waals surface area contributed by atoms with E-state index in [-0.39, 0.29) is 55.8 Å². The molecule has 0 unspecified atom stereocenters. The molecule has 0 amide bonds. The number of hydrogen-bond acceptors (Lipinski definition) is 11. The predicted molar refractivity (Wildman–Crippen MR) is 117 cm³/mol. The van der Waals surface area contributed by atoms with Gasteiger partial charge in [0.2, 0.25) is 5.95 Å². The summed E-state index contributed by atoms with van der Waals surface area (Å²) in [6.45, 7) is 5.63. The Labute approximate surface area is 189 Å². The summed E-state index contributed by atoms with van der Waals surface area (Å²) in [5, 5.41) is 0. The molecule has 182 valence electrons. The van der Waals surface area contributed by atoms with Gasteiger partial charge >= 0.3 is 17.9 Å². The first-order valence-corrected chi connectivity index (χ1v) is 10.3. The third kappa shape index (κ3) is 7.00. The van der Waals surface area contributed by atoms with Crippen molar-refractivity contribution in [1.82, 2.24) is 19.5 Å². The number of aromatic amines is 1. The van der Waals surface area contributed by atoms with Crippen molar-refractivity contribution in [3.05, 3.63) is 16.7 Å². The molecule has 13 nitrogen and oxygen atoms in total. The minimum absolute atomic E-state index is 0.0723. The van der Waals surface area contributed by atoms with Crippen LogP contribution in [-0.4, -0.2) is 63.3 Å². The number of H-pyrrole nitrogens is 1. The van der Waals surface area contributed by atoms with Crippen LogP contribution in [0.4, 0.5) is 5.95 Å². The van der Waals surface area contributed by atoms with Crippen LogP contribution in [0.15, 0.2) is 11.1 Å². The van der Waals surface area contributed by atoms with Crippen LogP contribution in [0.3, 0.4) is 0 Å². The van der Waals surface area contributed by atoms with Crippen molar-refractivity contribution in [3.8, 4) is 0 Å². The number of nitrogens with zero attached hydrogens (tertiary/aromatic N) is 3. The monoisotopic (exact) mass is 466 g/mol. The summed E-state index contributed by atoms with van der Waals surface area (Å²) in [4.78, 5) is 57.9. The number of fused-ring (bicyclic) bond motifs is 1. The van der Waals surface area contributed by atoms with Crippen molar-refractivity contribution in [3.63, 3.8) is 0 Å². The van der Waals surface area contributed by atoms with Gasteiger partial charge in [-0.15, -0.1) is 0 Å². The lowest BCUT2D eigenvalue weighted by atomic mass is 9.86. The summed E-state index contributed by atoms with van der Waals surface area (Å²) in [6.07, 6.45) is 1.62. The van der Waals surface area contributed by atoms with Gasteiger partial charge in [-0.2, -0.15) is 4.98 Å². The molecule has 2 aromatic rings. The lowest BCUT2D eigenvalue weighted by Crippen LogP contribution is -2.43. The number of imidazole rings is 1. The molecule has 2 rings (SSSR count). The minimum Gasteiger partial charge on any atom is -0.465 e. The Hall–Kier alpha value is -3.48. The maximum absolute atomic E-state index is 12.4. The van der Waals surface area contributed by atoms with Crippen LogP contribution in [-0.2, 0) is 35.1 Å². The van der Waals surface area contributed by atoms with Crippen molar-refractivity contribution in [2.45, 2.75) is 46.7 Å². The van der Waals surface area contributed by atoms with Crippen LogP contribution < -0.4 is 17.0 Å². The van der Waals surface area contributed by atoms with Gasteiger partial charge in [0.05, 0.1) is 11.7 Å². The summed E-state index contributed by atoms with van der Waals surface area (Å²) in [5.74, 6) is -1.96. The number of hydrogen-bond donors (Lipinski definition) is 3. The van der Waals surface area contributed by atoms with Crippen LogP contribution in [0, 0.1) is 11.3 Å². The normalized spacial score (nSPS) is 12.5. The highest BCUT2D eigenvalue weighted by Gasteiger charge is 2.36. The van der Waals surface area contributed by atoms with E-state index in [1.165, 1.54) is 20.2 Å². The van der Waals surface area contributed by atoms with Crippen molar-refractivity contribution >= 4 is 35.0 Å². The molecule has 33 heavy (non-hydrogen) atoms. The van der Waals surface area contributed by atoms with E-state index in [1.54, 1.807) is 18.4 Å². The lowest BCUT2D eigenvalue weighted by molar-refractivity contribution is -0.162. The second kappa shape index (κ2) is 10.9. The maximum Gasteiger partial charge on any atom is 0.323 e. The largest absolute Gasteiger partial charge is 0.465 e. The Kier molecular flexibility index (Phi) is 8.51. The molecule has 0 saturated heterocycles. The molecule has 0 bridgehead atoms. The number of aromatic nitrogens is 4. The molecule has 5 N–H and O–H groups in total. The van der Waals surface area contributed by atoms with Gasteiger partial charge in [0.15, 0.2) is 11.2 Å². The first-order valence-electron chi connectivity index (χ1n) is 10.3. The number of nitrogens with one attached hydrogen (secondary N) is 1. The smallest absolute Gasteiger partial charge is 0.323 e. The molecule has 2 heterocycles. The molecule has 0 radical (unpaired) electrons. The molecule has 0 spiro atoms. The fourth-order valence-corrected chi connectivity index (χ4v) is 2.94. The Bertz CT molecular complexity index is 1040. The van der Waals surface area contributed by atoms with Crippen molar-refractivity contribution in [2.24, 2.45) is 17.1 Å². The Morgan fingerprint density at radius 1 is 1.12 bits per heavy atom. The number of nitrogens with two attached hydrogens (primary N) is 2. The first kappa shape index (κ1) is 25.8. The summed E-state index contributed by atoms with van der Waals surface area (Å²) in [6, 6.07) is -0.846. The predicted octanol–water partition coefficient (Wildman–Crippen LogP) is -0.269. The van der Waals surface area contributed by atoms with Crippen LogP contribution in [0.1, 0.15) is 34.1 Å². The number of nitrogen functional groups attached to an aromatic ring is 1. The minimum atomic E-state index is -1.09. The molecule has 0 aliphatic heterocycles. The molecule has 0 fully saturated rings. The van der Waals surface area contributed by atoms with Crippen molar-refractivity contribution in [2.75, 3.05) is 25.6 Å². The van der Waals surface area contributed by atoms with E-state index < -0.39 is 34.9 Å². The number of rotatable bonds is 11. The van der Waals surface area contributed by atoms with Gasteiger partial charge in [0, 0.05) is 20.4 Å². The highest BCUT2D eigenvalue weighted by Crippen LogP contribution is 2.27. The maximum atomic E-state index is 12.4. The third-order valence-electron chi connectivity index (χ3n) is 5.05. The third-order valence-corrected chi connectivity index (χ3v) is 5.05. The second-order valence-electron chi connectivity index (χ2n) is 8.25. The van der Waals surface area contributed by atoms with Gasteiger partial charge in [-0.05, 0) is 12.3 Å². The molecule has 0 aliphatic rings. The highest BCUT2D eigenvalue weighted by molar-refractivity contribution is 5.75. The molecular weight excluding hydrogens is 436 g/mol. The molecule has 1 atom stereocenters. The molecule has 0 aliphatic carbocycles. The first-order chi connectivity index (χ1) is 15.4. The van der Waals surface area contributed by atoms with Crippen molar-refractivity contribution < 1.29 is 28.6 Å². The standard InChI is InChI=1S/C20H30N6O7/c1-11(2)14(21)18(30)33-9-20(7-31-12(3)27,8-32-13(4)28)5-6-26-10-23-15-16(26)24-19(22)25-17(15)29/h10-11,14H,5-9,21H2,1-4H3,(H3,22,24,25,29)/t14-/m0/s1. The zero-order chi connectivity index (χ0) is 24.8.